The van der Waals surface area contributed by atoms with Crippen LogP contribution >= 0.6 is 0 Å². The van der Waals surface area contributed by atoms with Gasteiger partial charge in [-0.05, 0) is 25.8 Å². The molecule has 2 N–H and O–H groups in total. The van der Waals surface area contributed by atoms with Gasteiger partial charge in [-0.15, -0.1) is 0 Å². The highest BCUT2D eigenvalue weighted by Gasteiger charge is 2.61. The van der Waals surface area contributed by atoms with Gasteiger partial charge in [-0.3, -0.25) is 4.90 Å². The van der Waals surface area contributed by atoms with Crippen molar-refractivity contribution < 1.29 is 10.2 Å². The molecule has 0 radical (unpaired) electrons. The van der Waals surface area contributed by atoms with Crippen molar-refractivity contribution in [2.75, 3.05) is 13.1 Å². The van der Waals surface area contributed by atoms with Crippen LogP contribution in [-0.2, 0) is 0 Å². The highest BCUT2D eigenvalue weighted by Crippen LogP contribution is 2.49. The van der Waals surface area contributed by atoms with E-state index in [-0.39, 0.29) is 17.7 Å². The summed E-state index contributed by atoms with van der Waals surface area (Å²) in [5, 5.41) is 18.9. The zero-order chi connectivity index (χ0) is 8.77. The maximum atomic E-state index is 9.48. The molecule has 2 fully saturated rings. The van der Waals surface area contributed by atoms with E-state index in [1.54, 1.807) is 0 Å². The average molecular weight is 171 g/mol. The fraction of sp³-hybridized carbons (Fsp3) is 1.00. The minimum Gasteiger partial charge on any atom is -0.392 e. The SMILES string of the molecule is CCCN1C[C@H](O)C[C@@]12C[C@@H]2O. The normalized spacial score (nSPS) is 47.2. The topological polar surface area (TPSA) is 43.7 Å². The molecule has 70 valence electrons. The molecule has 0 aromatic carbocycles. The Morgan fingerprint density at radius 1 is 1.42 bits per heavy atom. The Morgan fingerprint density at radius 3 is 2.58 bits per heavy atom. The molecular formula is C9H17NO2. The summed E-state index contributed by atoms with van der Waals surface area (Å²) in [5.41, 5.74) is -0.0184. The third-order valence-corrected chi connectivity index (χ3v) is 3.15. The third kappa shape index (κ3) is 1.08. The standard InChI is InChI=1S/C9H17NO2/c1-2-3-10-6-7(11)4-9(10)5-8(9)12/h7-8,11-12H,2-6H2,1H3/t7-,8+,9+/m1/s1. The maximum Gasteiger partial charge on any atom is 0.0744 e. The van der Waals surface area contributed by atoms with Gasteiger partial charge < -0.3 is 10.2 Å². The van der Waals surface area contributed by atoms with E-state index >= 15 is 0 Å². The Morgan fingerprint density at radius 2 is 2.08 bits per heavy atom. The second-order valence-corrected chi connectivity index (χ2v) is 4.13. The van der Waals surface area contributed by atoms with Crippen molar-refractivity contribution in [3.63, 3.8) is 0 Å². The molecule has 0 aromatic heterocycles. The van der Waals surface area contributed by atoms with Gasteiger partial charge in [-0.1, -0.05) is 6.92 Å². The van der Waals surface area contributed by atoms with Crippen LogP contribution in [-0.4, -0.2) is 45.9 Å². The van der Waals surface area contributed by atoms with Crippen LogP contribution in [0.2, 0.25) is 0 Å². The number of aliphatic hydroxyl groups excluding tert-OH is 2. The van der Waals surface area contributed by atoms with Crippen LogP contribution in [0.5, 0.6) is 0 Å². The summed E-state index contributed by atoms with van der Waals surface area (Å²) in [7, 11) is 0. The number of likely N-dealkylation sites (tertiary alicyclic amines) is 1. The Kier molecular flexibility index (Phi) is 1.90. The number of aliphatic hydroxyl groups is 2. The maximum absolute atomic E-state index is 9.48. The Bertz CT molecular complexity index is 185. The summed E-state index contributed by atoms with van der Waals surface area (Å²) >= 11 is 0. The lowest BCUT2D eigenvalue weighted by atomic mass is 10.1. The van der Waals surface area contributed by atoms with Crippen molar-refractivity contribution in [3.05, 3.63) is 0 Å². The monoisotopic (exact) mass is 171 g/mol. The van der Waals surface area contributed by atoms with Crippen LogP contribution in [0.1, 0.15) is 26.2 Å². The molecular weight excluding hydrogens is 154 g/mol. The molecule has 1 heterocycles. The lowest BCUT2D eigenvalue weighted by molar-refractivity contribution is 0.153. The van der Waals surface area contributed by atoms with Gasteiger partial charge in [-0.2, -0.15) is 0 Å². The van der Waals surface area contributed by atoms with Crippen molar-refractivity contribution in [3.8, 4) is 0 Å². The molecule has 1 spiro atoms. The van der Waals surface area contributed by atoms with Gasteiger partial charge in [0, 0.05) is 6.54 Å². The molecule has 1 aliphatic heterocycles. The predicted molar refractivity (Wildman–Crippen MR) is 45.8 cm³/mol. The zero-order valence-corrected chi connectivity index (χ0v) is 7.53. The van der Waals surface area contributed by atoms with Crippen molar-refractivity contribution in [1.29, 1.82) is 0 Å². The molecule has 12 heavy (non-hydrogen) atoms. The molecule has 1 saturated carbocycles. The number of hydrogen-bond acceptors (Lipinski definition) is 3. The first-order valence-electron chi connectivity index (χ1n) is 4.80. The summed E-state index contributed by atoms with van der Waals surface area (Å²) in [4.78, 5) is 2.25. The van der Waals surface area contributed by atoms with E-state index in [9.17, 15) is 10.2 Å². The van der Waals surface area contributed by atoms with E-state index in [1.165, 1.54) is 0 Å². The second kappa shape index (κ2) is 2.69. The van der Waals surface area contributed by atoms with E-state index in [1.807, 2.05) is 0 Å². The minimum atomic E-state index is -0.214. The molecule has 0 unspecified atom stereocenters. The number of β-amino-alcohol motifs (C(OH)–C–C–N with tert-alkyl or cyclic N) is 1. The molecule has 3 heteroatoms. The molecule has 3 atom stereocenters. The molecule has 2 aliphatic rings. The van der Waals surface area contributed by atoms with Gasteiger partial charge in [0.15, 0.2) is 0 Å². The summed E-state index contributed by atoms with van der Waals surface area (Å²) in [6.45, 7) is 3.90. The van der Waals surface area contributed by atoms with Gasteiger partial charge in [0.2, 0.25) is 0 Å². The minimum absolute atomic E-state index is 0.0184. The fourth-order valence-electron chi connectivity index (χ4n) is 2.46. The average Bonchev–Trinajstić information content (AvgIpc) is 2.50. The lowest BCUT2D eigenvalue weighted by Gasteiger charge is -2.22. The molecule has 2 rings (SSSR count). The number of nitrogens with zero attached hydrogens (tertiary/aromatic N) is 1. The van der Waals surface area contributed by atoms with E-state index in [4.69, 9.17) is 0 Å². The molecule has 0 amide bonds. The van der Waals surface area contributed by atoms with Crippen LogP contribution in [0.4, 0.5) is 0 Å². The van der Waals surface area contributed by atoms with E-state index < -0.39 is 0 Å². The van der Waals surface area contributed by atoms with Crippen LogP contribution in [0.3, 0.4) is 0 Å². The first-order valence-corrected chi connectivity index (χ1v) is 4.80. The smallest absolute Gasteiger partial charge is 0.0744 e. The summed E-state index contributed by atoms with van der Waals surface area (Å²) < 4.78 is 0. The van der Waals surface area contributed by atoms with E-state index in [0.29, 0.717) is 0 Å². The summed E-state index contributed by atoms with van der Waals surface area (Å²) in [5.74, 6) is 0. The lowest BCUT2D eigenvalue weighted by Crippen LogP contribution is -2.35. The van der Waals surface area contributed by atoms with Crippen LogP contribution in [0.15, 0.2) is 0 Å². The van der Waals surface area contributed by atoms with Gasteiger partial charge in [0.1, 0.15) is 0 Å². The molecule has 0 bridgehead atoms. The van der Waals surface area contributed by atoms with Crippen molar-refractivity contribution in [2.45, 2.75) is 43.9 Å². The van der Waals surface area contributed by atoms with Crippen LogP contribution in [0.25, 0.3) is 0 Å². The van der Waals surface area contributed by atoms with Crippen molar-refractivity contribution in [1.82, 2.24) is 4.90 Å². The molecule has 1 saturated heterocycles. The van der Waals surface area contributed by atoms with Gasteiger partial charge in [-0.25, -0.2) is 0 Å². The van der Waals surface area contributed by atoms with E-state index in [2.05, 4.69) is 11.8 Å². The Balaban J connectivity index is 2.02. The van der Waals surface area contributed by atoms with E-state index in [0.717, 1.165) is 32.4 Å². The first-order chi connectivity index (χ1) is 5.69. The molecule has 0 aromatic rings. The van der Waals surface area contributed by atoms with Gasteiger partial charge >= 0.3 is 0 Å². The van der Waals surface area contributed by atoms with Crippen molar-refractivity contribution in [2.24, 2.45) is 0 Å². The van der Waals surface area contributed by atoms with Gasteiger partial charge in [0.25, 0.3) is 0 Å². The largest absolute Gasteiger partial charge is 0.392 e. The zero-order valence-electron chi connectivity index (χ0n) is 7.53. The third-order valence-electron chi connectivity index (χ3n) is 3.15. The second-order valence-electron chi connectivity index (χ2n) is 4.13. The molecule has 3 nitrogen and oxygen atoms in total. The molecule has 1 aliphatic carbocycles. The van der Waals surface area contributed by atoms with Crippen LogP contribution < -0.4 is 0 Å². The highest BCUT2D eigenvalue weighted by molar-refractivity contribution is 5.17. The highest BCUT2D eigenvalue weighted by atomic mass is 16.3. The van der Waals surface area contributed by atoms with Crippen LogP contribution in [0, 0.1) is 0 Å². The Hall–Kier alpha value is -0.120. The number of rotatable bonds is 2. The van der Waals surface area contributed by atoms with Crippen molar-refractivity contribution >= 4 is 0 Å². The quantitative estimate of drug-likeness (QED) is 0.613. The fourth-order valence-corrected chi connectivity index (χ4v) is 2.46. The number of hydrogen-bond donors (Lipinski definition) is 2. The summed E-state index contributed by atoms with van der Waals surface area (Å²) in [6.07, 6.45) is 2.34. The Labute approximate surface area is 73.0 Å². The predicted octanol–water partition coefficient (Wildman–Crippen LogP) is -0.0336. The summed E-state index contributed by atoms with van der Waals surface area (Å²) in [6, 6.07) is 0. The van der Waals surface area contributed by atoms with Gasteiger partial charge in [0.05, 0.1) is 17.7 Å². The first kappa shape index (κ1) is 8.48.